The second-order valence-electron chi connectivity index (χ2n) is 6.85. The van der Waals surface area contributed by atoms with E-state index in [1.165, 1.54) is 24.3 Å². The summed E-state index contributed by atoms with van der Waals surface area (Å²) in [6, 6.07) is 11.2. The van der Waals surface area contributed by atoms with Crippen molar-refractivity contribution in [1.29, 1.82) is 0 Å². The molecule has 1 aliphatic carbocycles. The van der Waals surface area contributed by atoms with Gasteiger partial charge < -0.3 is 0 Å². The highest BCUT2D eigenvalue weighted by Crippen LogP contribution is 2.30. The van der Waals surface area contributed by atoms with Gasteiger partial charge in [0.15, 0.2) is 9.84 Å². The fourth-order valence-corrected chi connectivity index (χ4v) is 6.55. The first-order valence-corrected chi connectivity index (χ1v) is 11.7. The minimum absolute atomic E-state index is 0.222. The van der Waals surface area contributed by atoms with Gasteiger partial charge in [0.05, 0.1) is 15.0 Å². The fraction of sp³-hybridized carbons (Fsp3) is 0.368. The number of hydrogen-bond donors (Lipinski definition) is 1. The lowest BCUT2D eigenvalue weighted by Gasteiger charge is -2.13. The normalized spacial score (nSPS) is 15.9. The number of nitrogens with one attached hydrogen (secondary N) is 1. The van der Waals surface area contributed by atoms with Gasteiger partial charge in [0.2, 0.25) is 0 Å². The van der Waals surface area contributed by atoms with Crippen LogP contribution in [-0.4, -0.2) is 22.1 Å². The Morgan fingerprint density at radius 3 is 2.12 bits per heavy atom. The molecule has 0 saturated heterocycles. The van der Waals surface area contributed by atoms with Gasteiger partial charge in [0.1, 0.15) is 0 Å². The second-order valence-corrected chi connectivity index (χ2v) is 10.7. The predicted molar refractivity (Wildman–Crippen MR) is 103 cm³/mol. The molecule has 3 rings (SSSR count). The van der Waals surface area contributed by atoms with Gasteiger partial charge in [0.25, 0.3) is 10.0 Å². The summed E-state index contributed by atoms with van der Waals surface area (Å²) in [4.78, 5) is 0.472. The molecule has 0 atom stereocenters. The molecule has 0 radical (unpaired) electrons. The lowest BCUT2D eigenvalue weighted by molar-refractivity contribution is 0.579. The number of benzene rings is 2. The van der Waals surface area contributed by atoms with Crippen molar-refractivity contribution in [1.82, 2.24) is 0 Å². The van der Waals surface area contributed by atoms with Crippen molar-refractivity contribution in [3.63, 3.8) is 0 Å². The smallest absolute Gasteiger partial charge is 0.262 e. The summed E-state index contributed by atoms with van der Waals surface area (Å²) in [7, 11) is -7.07. The third-order valence-electron chi connectivity index (χ3n) is 4.81. The topological polar surface area (TPSA) is 80.3 Å². The van der Waals surface area contributed by atoms with Gasteiger partial charge in [0, 0.05) is 5.69 Å². The predicted octanol–water partition coefficient (Wildman–Crippen LogP) is 3.82. The molecule has 0 heterocycles. The van der Waals surface area contributed by atoms with E-state index in [0.29, 0.717) is 24.1 Å². The van der Waals surface area contributed by atoms with Crippen LogP contribution in [0.25, 0.3) is 0 Å². The van der Waals surface area contributed by atoms with E-state index in [-0.39, 0.29) is 15.0 Å². The van der Waals surface area contributed by atoms with Crippen molar-refractivity contribution < 1.29 is 16.8 Å². The van der Waals surface area contributed by atoms with Crippen LogP contribution in [0.1, 0.15) is 36.8 Å². The zero-order chi connectivity index (χ0) is 18.9. The zero-order valence-electron chi connectivity index (χ0n) is 14.9. The Balaban J connectivity index is 1.84. The van der Waals surface area contributed by atoms with E-state index in [0.717, 1.165) is 18.4 Å². The molecule has 1 aliphatic rings. The van der Waals surface area contributed by atoms with Gasteiger partial charge in [-0.05, 0) is 68.1 Å². The van der Waals surface area contributed by atoms with E-state index in [1.54, 1.807) is 19.1 Å². The standard InChI is InChI=1S/C19H23NO4S2/c1-14-7-8-15(2)19(13-14)26(23,24)20-16-9-11-18(12-10-16)25(21,22)17-5-3-4-6-17/h7-13,17,20H,3-6H2,1-2H3. The molecule has 26 heavy (non-hydrogen) atoms. The van der Waals surface area contributed by atoms with Gasteiger partial charge in [-0.1, -0.05) is 25.0 Å². The molecule has 0 amide bonds. The lowest BCUT2D eigenvalue weighted by atomic mass is 10.2. The van der Waals surface area contributed by atoms with Crippen LogP contribution in [0.15, 0.2) is 52.3 Å². The van der Waals surface area contributed by atoms with E-state index < -0.39 is 19.9 Å². The molecule has 0 bridgehead atoms. The Morgan fingerprint density at radius 1 is 0.885 bits per heavy atom. The minimum Gasteiger partial charge on any atom is -0.280 e. The van der Waals surface area contributed by atoms with Crippen LogP contribution in [-0.2, 0) is 19.9 Å². The number of sulfone groups is 1. The second kappa shape index (κ2) is 7.04. The molecule has 0 unspecified atom stereocenters. The summed E-state index contributed by atoms with van der Waals surface area (Å²) < 4.78 is 53.0. The van der Waals surface area contributed by atoms with E-state index in [2.05, 4.69) is 4.72 Å². The summed E-state index contributed by atoms with van der Waals surface area (Å²) >= 11 is 0. The van der Waals surface area contributed by atoms with E-state index in [1.807, 2.05) is 13.0 Å². The molecule has 1 saturated carbocycles. The lowest BCUT2D eigenvalue weighted by Crippen LogP contribution is -2.18. The van der Waals surface area contributed by atoms with Gasteiger partial charge in [-0.2, -0.15) is 0 Å². The molecule has 0 aromatic heterocycles. The molecule has 0 spiro atoms. The average molecular weight is 394 g/mol. The Morgan fingerprint density at radius 2 is 1.50 bits per heavy atom. The van der Waals surface area contributed by atoms with Crippen LogP contribution in [0.3, 0.4) is 0 Å². The quantitative estimate of drug-likeness (QED) is 0.837. The molecule has 0 aliphatic heterocycles. The highest BCUT2D eigenvalue weighted by Gasteiger charge is 2.30. The first kappa shape index (κ1) is 18.9. The van der Waals surface area contributed by atoms with Gasteiger partial charge in [-0.3, -0.25) is 4.72 Å². The molecule has 7 heteroatoms. The molecule has 1 fully saturated rings. The summed E-state index contributed by atoms with van der Waals surface area (Å²) in [5.74, 6) is 0. The van der Waals surface area contributed by atoms with Crippen molar-refractivity contribution in [2.45, 2.75) is 54.6 Å². The largest absolute Gasteiger partial charge is 0.280 e. The van der Waals surface area contributed by atoms with Gasteiger partial charge in [-0.25, -0.2) is 16.8 Å². The molecule has 2 aromatic carbocycles. The van der Waals surface area contributed by atoms with Gasteiger partial charge >= 0.3 is 0 Å². The van der Waals surface area contributed by atoms with Crippen LogP contribution < -0.4 is 4.72 Å². The minimum atomic E-state index is -3.73. The Labute approximate surface area is 155 Å². The first-order chi connectivity index (χ1) is 12.2. The Kier molecular flexibility index (Phi) is 5.12. The zero-order valence-corrected chi connectivity index (χ0v) is 16.5. The maximum absolute atomic E-state index is 12.6. The van der Waals surface area contributed by atoms with Gasteiger partial charge in [-0.15, -0.1) is 0 Å². The van der Waals surface area contributed by atoms with Crippen LogP contribution in [0, 0.1) is 13.8 Å². The van der Waals surface area contributed by atoms with Crippen LogP contribution in [0.5, 0.6) is 0 Å². The Hall–Kier alpha value is -1.86. The third-order valence-corrected chi connectivity index (χ3v) is 8.61. The van der Waals surface area contributed by atoms with Crippen molar-refractivity contribution >= 4 is 25.5 Å². The maximum atomic E-state index is 12.6. The summed E-state index contributed by atoms with van der Waals surface area (Å²) in [6.07, 6.45) is 3.28. The summed E-state index contributed by atoms with van der Waals surface area (Å²) in [5.41, 5.74) is 1.86. The number of sulfonamides is 1. The molecule has 140 valence electrons. The summed E-state index contributed by atoms with van der Waals surface area (Å²) in [6.45, 7) is 3.58. The monoisotopic (exact) mass is 393 g/mol. The SMILES string of the molecule is Cc1ccc(C)c(S(=O)(=O)Nc2ccc(S(=O)(=O)C3CCCC3)cc2)c1. The first-order valence-electron chi connectivity index (χ1n) is 8.64. The van der Waals surface area contributed by atoms with Crippen LogP contribution >= 0.6 is 0 Å². The molecule has 5 nitrogen and oxygen atoms in total. The van der Waals surface area contributed by atoms with E-state index in [9.17, 15) is 16.8 Å². The molecule has 2 aromatic rings. The van der Waals surface area contributed by atoms with E-state index >= 15 is 0 Å². The average Bonchev–Trinajstić information content (AvgIpc) is 3.12. The van der Waals surface area contributed by atoms with Crippen molar-refractivity contribution in [2.24, 2.45) is 0 Å². The van der Waals surface area contributed by atoms with Crippen molar-refractivity contribution in [3.8, 4) is 0 Å². The highest BCUT2D eigenvalue weighted by atomic mass is 32.2. The van der Waals surface area contributed by atoms with Crippen LogP contribution in [0.4, 0.5) is 5.69 Å². The molecular weight excluding hydrogens is 370 g/mol. The van der Waals surface area contributed by atoms with Crippen LogP contribution in [0.2, 0.25) is 0 Å². The molecule has 1 N–H and O–H groups in total. The maximum Gasteiger partial charge on any atom is 0.262 e. The molecular formula is C19H23NO4S2. The van der Waals surface area contributed by atoms with Crippen molar-refractivity contribution in [2.75, 3.05) is 4.72 Å². The van der Waals surface area contributed by atoms with Crippen molar-refractivity contribution in [3.05, 3.63) is 53.6 Å². The number of anilines is 1. The highest BCUT2D eigenvalue weighted by molar-refractivity contribution is 7.93. The number of rotatable bonds is 5. The third kappa shape index (κ3) is 3.78. The van der Waals surface area contributed by atoms with E-state index in [4.69, 9.17) is 0 Å². The fourth-order valence-electron chi connectivity index (χ4n) is 3.31. The number of hydrogen-bond acceptors (Lipinski definition) is 4. The number of aryl methyl sites for hydroxylation is 2. The summed E-state index contributed by atoms with van der Waals surface area (Å²) in [5, 5.41) is -0.319. The Bertz CT molecular complexity index is 1000.